The second kappa shape index (κ2) is 8.96. The molecule has 0 aromatic rings. The van der Waals surface area contributed by atoms with E-state index in [4.69, 9.17) is 0 Å². The first-order chi connectivity index (χ1) is 7.64. The molecule has 0 aliphatic rings. The fourth-order valence-electron chi connectivity index (χ4n) is 2.25. The highest BCUT2D eigenvalue weighted by molar-refractivity contribution is 6.12. The number of allylic oxidation sites excluding steroid dienone is 1. The summed E-state index contributed by atoms with van der Waals surface area (Å²) >= 11 is 0. The summed E-state index contributed by atoms with van der Waals surface area (Å²) in [5, 5.41) is 0. The van der Waals surface area contributed by atoms with Crippen molar-refractivity contribution in [1.29, 1.82) is 0 Å². The fourth-order valence-corrected chi connectivity index (χ4v) is 2.67. The molecule has 0 saturated heterocycles. The van der Waals surface area contributed by atoms with Gasteiger partial charge in [-0.25, -0.2) is 0 Å². The summed E-state index contributed by atoms with van der Waals surface area (Å²) in [6.45, 7) is 17.5. The Morgan fingerprint density at radius 3 is 1.62 bits per heavy atom. The van der Waals surface area contributed by atoms with Crippen molar-refractivity contribution in [3.05, 3.63) is 12.7 Å². The Labute approximate surface area is 105 Å². The van der Waals surface area contributed by atoms with Crippen LogP contribution in [0.1, 0.15) is 34.1 Å². The molecule has 0 bridgehead atoms. The molecule has 0 amide bonds. The van der Waals surface area contributed by atoms with Crippen LogP contribution in [0.2, 0.25) is 5.54 Å². The lowest BCUT2D eigenvalue weighted by atomic mass is 10.2. The van der Waals surface area contributed by atoms with Crippen LogP contribution in [0.15, 0.2) is 12.7 Å². The summed E-state index contributed by atoms with van der Waals surface area (Å²) in [6, 6.07) is 0. The second-order valence-corrected chi connectivity index (χ2v) is 5.85. The van der Waals surface area contributed by atoms with Gasteiger partial charge in [-0.1, -0.05) is 33.8 Å². The zero-order chi connectivity index (χ0) is 12.6. The summed E-state index contributed by atoms with van der Waals surface area (Å²) < 4.78 is 0. The van der Waals surface area contributed by atoms with E-state index in [-0.39, 0.29) is 0 Å². The van der Waals surface area contributed by atoms with Gasteiger partial charge in [0.25, 0.3) is 0 Å². The van der Waals surface area contributed by atoms with Crippen LogP contribution in [-0.2, 0) is 0 Å². The molecule has 0 saturated carbocycles. The van der Waals surface area contributed by atoms with Crippen molar-refractivity contribution in [2.24, 2.45) is 0 Å². The van der Waals surface area contributed by atoms with E-state index in [2.05, 4.69) is 50.1 Å². The predicted molar refractivity (Wildman–Crippen MR) is 78.1 cm³/mol. The van der Waals surface area contributed by atoms with Crippen molar-refractivity contribution in [3.8, 4) is 0 Å². The lowest BCUT2D eigenvalue weighted by molar-refractivity contribution is 0.0511. The third kappa shape index (κ3) is 4.81. The molecule has 96 valence electrons. The topological polar surface area (TPSA) is 6.48 Å². The lowest BCUT2D eigenvalue weighted by Crippen LogP contribution is -2.48. The molecular formula is C13H30N2Si. The minimum Gasteiger partial charge on any atom is -0.288 e. The molecule has 0 spiro atoms. The average molecular weight is 242 g/mol. The van der Waals surface area contributed by atoms with Gasteiger partial charge in [-0.05, 0) is 38.1 Å². The molecule has 0 aromatic carbocycles. The number of hydrogen-bond donors (Lipinski definition) is 0. The van der Waals surface area contributed by atoms with Crippen molar-refractivity contribution < 1.29 is 0 Å². The first-order valence-electron chi connectivity index (χ1n) is 6.75. The zero-order valence-corrected chi connectivity index (χ0v) is 13.9. The van der Waals surface area contributed by atoms with E-state index < -0.39 is 0 Å². The first kappa shape index (κ1) is 15.9. The molecule has 16 heavy (non-hydrogen) atoms. The van der Waals surface area contributed by atoms with E-state index in [1.165, 1.54) is 16.7 Å². The lowest BCUT2D eigenvalue weighted by Gasteiger charge is -2.39. The predicted octanol–water partition coefficient (Wildman–Crippen LogP) is 1.73. The molecule has 0 rings (SSSR count). The summed E-state index contributed by atoms with van der Waals surface area (Å²) in [5.41, 5.74) is 0.728. The van der Waals surface area contributed by atoms with Crippen LogP contribution in [0.4, 0.5) is 0 Å². The minimum atomic E-state index is 0.602. The molecule has 0 aliphatic carbocycles. The van der Waals surface area contributed by atoms with Crippen molar-refractivity contribution in [2.45, 2.75) is 45.8 Å². The van der Waals surface area contributed by atoms with Gasteiger partial charge < -0.3 is 0 Å². The van der Waals surface area contributed by atoms with Crippen molar-refractivity contribution in [1.82, 2.24) is 9.80 Å². The molecule has 0 N–H and O–H groups in total. The summed E-state index contributed by atoms with van der Waals surface area (Å²) in [4.78, 5) is 5.14. The monoisotopic (exact) mass is 242 g/mol. The zero-order valence-electron chi connectivity index (χ0n) is 11.9. The standard InChI is InChI=1S/C13H30N2Si/c1-6-12(16)11-13(14(7-2)8-3)15(9-4)10-5/h6,12-13H,1,7-11H2,2-5,16H3. The van der Waals surface area contributed by atoms with Gasteiger partial charge >= 0.3 is 0 Å². The van der Waals surface area contributed by atoms with E-state index in [1.807, 2.05) is 0 Å². The quantitative estimate of drug-likeness (QED) is 0.345. The van der Waals surface area contributed by atoms with E-state index >= 15 is 0 Å². The third-order valence-electron chi connectivity index (χ3n) is 3.45. The van der Waals surface area contributed by atoms with Crippen LogP contribution in [0.25, 0.3) is 0 Å². The van der Waals surface area contributed by atoms with Gasteiger partial charge in [0, 0.05) is 10.2 Å². The minimum absolute atomic E-state index is 0.602. The van der Waals surface area contributed by atoms with Gasteiger partial charge in [0.1, 0.15) is 0 Å². The average Bonchev–Trinajstić information content (AvgIpc) is 2.31. The van der Waals surface area contributed by atoms with Crippen LogP contribution in [0.3, 0.4) is 0 Å². The van der Waals surface area contributed by atoms with Crippen LogP contribution >= 0.6 is 0 Å². The smallest absolute Gasteiger partial charge is 0.0624 e. The maximum atomic E-state index is 3.93. The normalized spacial score (nSPS) is 13.9. The second-order valence-electron chi connectivity index (χ2n) is 4.37. The summed E-state index contributed by atoms with van der Waals surface area (Å²) in [7, 11) is 1.22. The van der Waals surface area contributed by atoms with E-state index in [9.17, 15) is 0 Å². The number of rotatable bonds is 9. The maximum Gasteiger partial charge on any atom is 0.0624 e. The molecule has 3 heteroatoms. The van der Waals surface area contributed by atoms with Crippen LogP contribution in [0.5, 0.6) is 0 Å². The Bertz CT molecular complexity index is 165. The van der Waals surface area contributed by atoms with Crippen molar-refractivity contribution in [3.63, 3.8) is 0 Å². The van der Waals surface area contributed by atoms with Crippen molar-refractivity contribution in [2.75, 3.05) is 26.2 Å². The van der Waals surface area contributed by atoms with Crippen LogP contribution < -0.4 is 0 Å². The third-order valence-corrected chi connectivity index (χ3v) is 4.40. The first-order valence-corrected chi connectivity index (χ1v) is 7.90. The molecule has 0 radical (unpaired) electrons. The molecule has 0 aliphatic heterocycles. The Morgan fingerprint density at radius 2 is 1.38 bits per heavy atom. The molecule has 0 fully saturated rings. The van der Waals surface area contributed by atoms with Gasteiger partial charge in [0.2, 0.25) is 0 Å². The van der Waals surface area contributed by atoms with Gasteiger partial charge in [-0.2, -0.15) is 0 Å². The summed E-state index contributed by atoms with van der Waals surface area (Å²) in [5.74, 6) is 0. The Morgan fingerprint density at radius 1 is 1.00 bits per heavy atom. The van der Waals surface area contributed by atoms with Crippen molar-refractivity contribution >= 4 is 10.2 Å². The number of nitrogens with zero attached hydrogens (tertiary/aromatic N) is 2. The Balaban J connectivity index is 4.64. The molecular weight excluding hydrogens is 212 g/mol. The highest BCUT2D eigenvalue weighted by atomic mass is 28.1. The highest BCUT2D eigenvalue weighted by Gasteiger charge is 2.22. The van der Waals surface area contributed by atoms with E-state index in [0.717, 1.165) is 31.7 Å². The fraction of sp³-hybridized carbons (Fsp3) is 0.846. The number of hydrogen-bond acceptors (Lipinski definition) is 2. The van der Waals surface area contributed by atoms with Gasteiger partial charge in [-0.15, -0.1) is 6.58 Å². The van der Waals surface area contributed by atoms with Gasteiger partial charge in [-0.3, -0.25) is 9.80 Å². The van der Waals surface area contributed by atoms with E-state index in [1.54, 1.807) is 0 Å². The Kier molecular flexibility index (Phi) is 8.90. The molecule has 0 heterocycles. The van der Waals surface area contributed by atoms with Crippen LogP contribution in [-0.4, -0.2) is 52.4 Å². The molecule has 1 unspecified atom stereocenters. The maximum absolute atomic E-state index is 3.93. The van der Waals surface area contributed by atoms with Crippen LogP contribution in [0, 0.1) is 0 Å². The summed E-state index contributed by atoms with van der Waals surface area (Å²) in [6.07, 6.45) is 3.98. The Hall–Kier alpha value is -0.123. The van der Waals surface area contributed by atoms with E-state index in [0.29, 0.717) is 6.17 Å². The molecule has 1 atom stereocenters. The SMILES string of the molecule is C=CC([SiH3])CC(N(CC)CC)N(CC)CC. The highest BCUT2D eigenvalue weighted by Crippen LogP contribution is 2.18. The van der Waals surface area contributed by atoms with Gasteiger partial charge in [0.15, 0.2) is 0 Å². The largest absolute Gasteiger partial charge is 0.288 e. The van der Waals surface area contributed by atoms with Gasteiger partial charge in [0.05, 0.1) is 6.17 Å². The molecule has 0 aromatic heterocycles. The molecule has 2 nitrogen and oxygen atoms in total.